The van der Waals surface area contributed by atoms with Crippen LogP contribution in [-0.2, 0) is 18.6 Å². The molecule has 0 bridgehead atoms. The van der Waals surface area contributed by atoms with Crippen LogP contribution in [0.5, 0.6) is 23.0 Å². The summed E-state index contributed by atoms with van der Waals surface area (Å²) in [6, 6.07) is 10.5. The molecule has 18 nitrogen and oxygen atoms in total. The monoisotopic (exact) mass is 782 g/mol. The Kier molecular flexibility index (Phi) is 24.2. The number of hydrogen-bond acceptors (Lipinski definition) is 12. The van der Waals surface area contributed by atoms with Crippen LogP contribution in [0.4, 0.5) is 0 Å². The molecular formula is C32H52N2O16P2. The second-order valence-electron chi connectivity index (χ2n) is 11.0. The maximum Gasteiger partial charge on any atom is 0.466 e. The zero-order valence-electron chi connectivity index (χ0n) is 29.0. The van der Waals surface area contributed by atoms with Gasteiger partial charge >= 0.3 is 15.6 Å². The van der Waals surface area contributed by atoms with Gasteiger partial charge in [-0.25, -0.2) is 9.13 Å². The standard InChI is InChI=1S/C32H46N2O8.2H3O4P/c33-13-5-1-3-7-27(35)25-9-11-29-31(23-25)41-21-17-37-16-20-40-30-12-10-26(28(36)8-4-2-6-14-34)24-32(30)42-22-18-38-15-19-39-29;2*1-5(2,3)4/h9-12,23-24H,1-8,13-22,33-34H2;2*(H3,1,2,3,4). The molecule has 0 amide bonds. The van der Waals surface area contributed by atoms with Crippen LogP contribution >= 0.6 is 15.6 Å². The second kappa shape index (κ2) is 26.7. The lowest BCUT2D eigenvalue weighted by Gasteiger charge is -2.16. The van der Waals surface area contributed by atoms with E-state index in [-0.39, 0.29) is 24.8 Å². The number of Topliss-reactive ketones (excluding diaryl/α,β-unsaturated/α-hetero) is 2. The van der Waals surface area contributed by atoms with Crippen LogP contribution in [0.2, 0.25) is 0 Å². The number of rotatable bonds is 12. The van der Waals surface area contributed by atoms with Crippen molar-refractivity contribution in [1.29, 1.82) is 0 Å². The van der Waals surface area contributed by atoms with Crippen LogP contribution < -0.4 is 30.4 Å². The third-order valence-corrected chi connectivity index (χ3v) is 6.69. The summed E-state index contributed by atoms with van der Waals surface area (Å²) in [7, 11) is -9.28. The number of hydrogen-bond donors (Lipinski definition) is 8. The molecule has 52 heavy (non-hydrogen) atoms. The van der Waals surface area contributed by atoms with Gasteiger partial charge in [-0.1, -0.05) is 12.8 Å². The van der Waals surface area contributed by atoms with Crippen molar-refractivity contribution < 1.29 is 76.5 Å². The molecule has 2 aromatic carbocycles. The quantitative estimate of drug-likeness (QED) is 0.0871. The molecule has 0 unspecified atom stereocenters. The summed E-state index contributed by atoms with van der Waals surface area (Å²) in [5.74, 6) is 2.18. The summed E-state index contributed by atoms with van der Waals surface area (Å²) >= 11 is 0. The lowest BCUT2D eigenvalue weighted by atomic mass is 10.0. The van der Waals surface area contributed by atoms with Gasteiger partial charge in [-0.05, 0) is 75.2 Å². The van der Waals surface area contributed by atoms with E-state index >= 15 is 0 Å². The lowest BCUT2D eigenvalue weighted by molar-refractivity contribution is 0.0639. The third-order valence-electron chi connectivity index (χ3n) is 6.69. The molecule has 2 aromatic rings. The fourth-order valence-corrected chi connectivity index (χ4v) is 4.38. The van der Waals surface area contributed by atoms with Crippen molar-refractivity contribution in [2.24, 2.45) is 11.5 Å². The summed E-state index contributed by atoms with van der Waals surface area (Å²) < 4.78 is 52.9. The second-order valence-corrected chi connectivity index (χ2v) is 13.1. The summed E-state index contributed by atoms with van der Waals surface area (Å²) in [5, 5.41) is 0. The molecule has 0 atom stereocenters. The van der Waals surface area contributed by atoms with Crippen molar-refractivity contribution in [1.82, 2.24) is 0 Å². The zero-order chi connectivity index (χ0) is 38.8. The predicted octanol–water partition coefficient (Wildman–Crippen LogP) is 2.50. The van der Waals surface area contributed by atoms with Crippen molar-refractivity contribution >= 4 is 27.2 Å². The third kappa shape index (κ3) is 25.1. The molecule has 0 fully saturated rings. The number of nitrogens with two attached hydrogens (primary N) is 2. The van der Waals surface area contributed by atoms with E-state index in [9.17, 15) is 9.59 Å². The molecule has 0 saturated heterocycles. The average Bonchev–Trinajstić information content (AvgIpc) is 3.06. The van der Waals surface area contributed by atoms with Gasteiger partial charge in [-0.15, -0.1) is 0 Å². The van der Waals surface area contributed by atoms with Gasteiger partial charge in [0.2, 0.25) is 0 Å². The highest BCUT2D eigenvalue weighted by Gasteiger charge is 2.14. The van der Waals surface area contributed by atoms with E-state index in [2.05, 4.69) is 0 Å². The molecule has 0 radical (unpaired) electrons. The SMILES string of the molecule is NCCCCCC(=O)c1ccc2c(c1)OCCOCCOc1ccc(C(=O)CCCCCN)cc1OCCOCCO2.O=P(O)(O)O.O=P(O)(O)O. The van der Waals surface area contributed by atoms with E-state index in [0.29, 0.717) is 99.7 Å². The maximum absolute atomic E-state index is 12.7. The molecule has 0 aromatic heterocycles. The fourth-order valence-electron chi connectivity index (χ4n) is 4.38. The Morgan fingerprint density at radius 3 is 1.12 bits per heavy atom. The molecule has 0 spiro atoms. The van der Waals surface area contributed by atoms with Crippen molar-refractivity contribution in [3.63, 3.8) is 0 Å². The molecule has 10 N–H and O–H groups in total. The van der Waals surface area contributed by atoms with Gasteiger partial charge in [0.15, 0.2) is 34.6 Å². The summed E-state index contributed by atoms with van der Waals surface area (Å²) in [6.45, 7) is 3.72. The predicted molar refractivity (Wildman–Crippen MR) is 189 cm³/mol. The van der Waals surface area contributed by atoms with Crippen molar-refractivity contribution in [2.45, 2.75) is 51.4 Å². The number of carbonyl (C=O) groups is 2. The molecule has 3 rings (SSSR count). The molecule has 0 saturated carbocycles. The first kappa shape index (κ1) is 47.1. The van der Waals surface area contributed by atoms with Gasteiger partial charge in [0.25, 0.3) is 0 Å². The minimum Gasteiger partial charge on any atom is -0.487 e. The van der Waals surface area contributed by atoms with Crippen LogP contribution in [0, 0.1) is 0 Å². The first-order valence-electron chi connectivity index (χ1n) is 16.6. The van der Waals surface area contributed by atoms with Crippen molar-refractivity contribution in [3.8, 4) is 23.0 Å². The largest absolute Gasteiger partial charge is 0.487 e. The van der Waals surface area contributed by atoms with Gasteiger partial charge in [0, 0.05) is 24.0 Å². The Hall–Kier alpha value is -2.96. The molecule has 1 heterocycles. The molecule has 296 valence electrons. The van der Waals surface area contributed by atoms with Gasteiger partial charge in [0.05, 0.1) is 26.4 Å². The highest BCUT2D eigenvalue weighted by molar-refractivity contribution is 7.45. The van der Waals surface area contributed by atoms with E-state index in [4.69, 9.17) is 78.4 Å². The van der Waals surface area contributed by atoms with Crippen molar-refractivity contribution in [2.75, 3.05) is 65.9 Å². The number of carbonyl (C=O) groups excluding carboxylic acids is 2. The normalized spacial score (nSPS) is 14.3. The Balaban J connectivity index is 0.00000119. The Labute approximate surface area is 302 Å². The first-order valence-corrected chi connectivity index (χ1v) is 19.7. The van der Waals surface area contributed by atoms with Gasteiger partial charge in [-0.3, -0.25) is 9.59 Å². The maximum atomic E-state index is 12.7. The van der Waals surface area contributed by atoms with E-state index in [1.54, 1.807) is 36.4 Å². The van der Waals surface area contributed by atoms with Crippen molar-refractivity contribution in [3.05, 3.63) is 47.5 Å². The van der Waals surface area contributed by atoms with Crippen LogP contribution in [0.15, 0.2) is 36.4 Å². The Morgan fingerprint density at radius 1 is 0.500 bits per heavy atom. The van der Waals surface area contributed by atoms with Gasteiger partial charge in [-0.2, -0.15) is 0 Å². The van der Waals surface area contributed by atoms with E-state index in [1.165, 1.54) is 0 Å². The Bertz CT molecular complexity index is 1300. The number of unbranched alkanes of at least 4 members (excludes halogenated alkanes) is 4. The first-order chi connectivity index (χ1) is 24.6. The minimum atomic E-state index is -4.64. The number of phosphoric acid groups is 2. The fraction of sp³-hybridized carbons (Fsp3) is 0.562. The van der Waals surface area contributed by atoms with E-state index in [1.807, 2.05) is 0 Å². The van der Waals surface area contributed by atoms with Crippen LogP contribution in [-0.4, -0.2) is 107 Å². The average molecular weight is 783 g/mol. The van der Waals surface area contributed by atoms with E-state index in [0.717, 1.165) is 38.5 Å². The van der Waals surface area contributed by atoms with Gasteiger partial charge in [0.1, 0.15) is 26.4 Å². The highest BCUT2D eigenvalue weighted by Crippen LogP contribution is 2.31. The highest BCUT2D eigenvalue weighted by atomic mass is 31.2. The lowest BCUT2D eigenvalue weighted by Crippen LogP contribution is -2.16. The molecule has 1 aliphatic rings. The molecular weight excluding hydrogens is 730 g/mol. The minimum absolute atomic E-state index is 0.0638. The number of ether oxygens (including phenoxy) is 6. The van der Waals surface area contributed by atoms with Crippen LogP contribution in [0.3, 0.4) is 0 Å². The Morgan fingerprint density at radius 2 is 0.808 bits per heavy atom. The van der Waals surface area contributed by atoms with Crippen LogP contribution in [0.1, 0.15) is 72.1 Å². The summed E-state index contributed by atoms with van der Waals surface area (Å²) in [6.07, 6.45) is 6.24. The molecule has 1 aliphatic heterocycles. The molecule has 20 heteroatoms. The summed E-state index contributed by atoms with van der Waals surface area (Å²) in [5.41, 5.74) is 12.3. The zero-order valence-corrected chi connectivity index (χ0v) is 30.8. The smallest absolute Gasteiger partial charge is 0.466 e. The summed E-state index contributed by atoms with van der Waals surface area (Å²) in [4.78, 5) is 68.5. The van der Waals surface area contributed by atoms with Gasteiger partial charge < -0.3 is 69.2 Å². The van der Waals surface area contributed by atoms with Crippen LogP contribution in [0.25, 0.3) is 0 Å². The number of benzene rings is 2. The van der Waals surface area contributed by atoms with E-state index < -0.39 is 15.6 Å². The topological polar surface area (TPSA) is 297 Å². The number of fused-ring (bicyclic) bond motifs is 2. The molecule has 0 aliphatic carbocycles. The number of ketones is 2.